The Balaban J connectivity index is 2.86. The van der Waals surface area contributed by atoms with Crippen molar-refractivity contribution in [3.63, 3.8) is 0 Å². The summed E-state index contributed by atoms with van der Waals surface area (Å²) in [5, 5.41) is 8.43. The molecule has 0 amide bonds. The molecule has 1 atom stereocenters. The van der Waals surface area contributed by atoms with E-state index in [1.807, 2.05) is 0 Å². The number of carboxylic acids is 1. The number of ether oxygens (including phenoxy) is 1. The van der Waals surface area contributed by atoms with Gasteiger partial charge < -0.3 is 9.84 Å². The van der Waals surface area contributed by atoms with Crippen LogP contribution in [0.25, 0.3) is 6.08 Å². The van der Waals surface area contributed by atoms with Crippen LogP contribution in [-0.4, -0.2) is 17.2 Å². The molecule has 1 aromatic rings. The van der Waals surface area contributed by atoms with Gasteiger partial charge >= 0.3 is 5.97 Å². The van der Waals surface area contributed by atoms with E-state index >= 15 is 0 Å². The van der Waals surface area contributed by atoms with Gasteiger partial charge in [0, 0.05) is 6.08 Å². The molecule has 0 aliphatic rings. The molecule has 0 saturated carbocycles. The molecular weight excluding hydrogens is 223 g/mol. The largest absolute Gasteiger partial charge is 0.484 e. The summed E-state index contributed by atoms with van der Waals surface area (Å²) in [5.74, 6) is -1.50. The molecule has 0 aliphatic carbocycles. The second-order valence-electron chi connectivity index (χ2n) is 3.42. The zero-order chi connectivity index (χ0) is 12.8. The molecule has 0 bridgehead atoms. The molecule has 0 saturated heterocycles. The molecule has 3 nitrogen and oxygen atoms in total. The van der Waals surface area contributed by atoms with Crippen LogP contribution in [0.5, 0.6) is 5.75 Å². The summed E-state index contributed by atoms with van der Waals surface area (Å²) in [6.07, 6.45) is 3.52. The fourth-order valence-corrected chi connectivity index (χ4v) is 1.13. The Bertz CT molecular complexity index is 452. The first-order valence-corrected chi connectivity index (χ1v) is 5.02. The number of carbonyl (C=O) groups is 1. The highest BCUT2D eigenvalue weighted by Crippen LogP contribution is 2.20. The van der Waals surface area contributed by atoms with Gasteiger partial charge in [0.05, 0.1) is 0 Å². The average molecular weight is 236 g/mol. The van der Waals surface area contributed by atoms with E-state index in [1.54, 1.807) is 19.1 Å². The zero-order valence-corrected chi connectivity index (χ0v) is 9.39. The highest BCUT2D eigenvalue weighted by Gasteiger charge is 2.06. The number of hydrogen-bond donors (Lipinski definition) is 1. The van der Waals surface area contributed by atoms with E-state index in [2.05, 4.69) is 6.58 Å². The van der Waals surface area contributed by atoms with Gasteiger partial charge in [-0.1, -0.05) is 18.7 Å². The molecule has 90 valence electrons. The summed E-state index contributed by atoms with van der Waals surface area (Å²) in [4.78, 5) is 10.3. The maximum atomic E-state index is 13.5. The van der Waals surface area contributed by atoms with Gasteiger partial charge in [-0.3, -0.25) is 0 Å². The summed E-state index contributed by atoms with van der Waals surface area (Å²) in [5.41, 5.74) is 0.462. The fraction of sp³-hybridized carbons (Fsp3) is 0.154. The van der Waals surface area contributed by atoms with Gasteiger partial charge in [-0.2, -0.15) is 0 Å². The lowest BCUT2D eigenvalue weighted by atomic mass is 10.2. The Hall–Kier alpha value is -2.10. The molecule has 1 N–H and O–H groups in total. The zero-order valence-electron chi connectivity index (χ0n) is 9.39. The Labute approximate surface area is 98.8 Å². The lowest BCUT2D eigenvalue weighted by molar-refractivity contribution is -0.131. The highest BCUT2D eigenvalue weighted by molar-refractivity contribution is 5.85. The van der Waals surface area contributed by atoms with Crippen molar-refractivity contribution < 1.29 is 19.0 Å². The Morgan fingerprint density at radius 3 is 2.82 bits per heavy atom. The van der Waals surface area contributed by atoms with Crippen molar-refractivity contribution in [2.75, 3.05) is 0 Å². The molecule has 17 heavy (non-hydrogen) atoms. The first-order chi connectivity index (χ1) is 8.02. The van der Waals surface area contributed by atoms with Gasteiger partial charge in [-0.25, -0.2) is 9.18 Å². The van der Waals surface area contributed by atoms with E-state index in [4.69, 9.17) is 9.84 Å². The topological polar surface area (TPSA) is 46.5 Å². The third-order valence-corrected chi connectivity index (χ3v) is 2.02. The smallest absolute Gasteiger partial charge is 0.328 e. The molecule has 0 spiro atoms. The van der Waals surface area contributed by atoms with Gasteiger partial charge in [-0.15, -0.1) is 0 Å². The molecular formula is C13H13FO3. The van der Waals surface area contributed by atoms with Crippen molar-refractivity contribution >= 4 is 12.0 Å². The van der Waals surface area contributed by atoms with E-state index in [1.165, 1.54) is 18.2 Å². The van der Waals surface area contributed by atoms with Crippen LogP contribution in [-0.2, 0) is 4.79 Å². The van der Waals surface area contributed by atoms with Crippen LogP contribution >= 0.6 is 0 Å². The molecule has 1 unspecified atom stereocenters. The second-order valence-corrected chi connectivity index (χ2v) is 3.42. The molecule has 1 rings (SSSR count). The van der Waals surface area contributed by atoms with Crippen molar-refractivity contribution in [2.24, 2.45) is 0 Å². The first-order valence-electron chi connectivity index (χ1n) is 5.02. The molecule has 4 heteroatoms. The van der Waals surface area contributed by atoms with Crippen molar-refractivity contribution in [2.45, 2.75) is 13.0 Å². The average Bonchev–Trinajstić information content (AvgIpc) is 2.29. The molecule has 0 aliphatic heterocycles. The first kappa shape index (κ1) is 13.0. The van der Waals surface area contributed by atoms with Crippen LogP contribution in [0.1, 0.15) is 12.5 Å². The predicted octanol–water partition coefficient (Wildman–Crippen LogP) is 2.88. The van der Waals surface area contributed by atoms with Gasteiger partial charge in [0.2, 0.25) is 0 Å². The maximum absolute atomic E-state index is 13.5. The Kier molecular flexibility index (Phi) is 4.46. The van der Waals surface area contributed by atoms with Gasteiger partial charge in [0.1, 0.15) is 6.10 Å². The van der Waals surface area contributed by atoms with Crippen LogP contribution in [0.3, 0.4) is 0 Å². The van der Waals surface area contributed by atoms with E-state index in [9.17, 15) is 9.18 Å². The molecule has 0 fully saturated rings. The van der Waals surface area contributed by atoms with Crippen molar-refractivity contribution in [3.05, 3.63) is 48.3 Å². The Morgan fingerprint density at radius 1 is 1.59 bits per heavy atom. The molecule has 1 aromatic carbocycles. The number of carboxylic acid groups (broad SMARTS) is 1. The quantitative estimate of drug-likeness (QED) is 0.631. The summed E-state index contributed by atoms with van der Waals surface area (Å²) >= 11 is 0. The van der Waals surface area contributed by atoms with Crippen LogP contribution in [0.15, 0.2) is 36.9 Å². The number of aliphatic carboxylic acids is 1. The Morgan fingerprint density at radius 2 is 2.29 bits per heavy atom. The lowest BCUT2D eigenvalue weighted by Gasteiger charge is -2.11. The van der Waals surface area contributed by atoms with Crippen LogP contribution in [0.4, 0.5) is 4.39 Å². The van der Waals surface area contributed by atoms with E-state index in [-0.39, 0.29) is 11.9 Å². The number of benzene rings is 1. The second kappa shape index (κ2) is 5.84. The minimum absolute atomic E-state index is 0.116. The molecule has 0 radical (unpaired) electrons. The van der Waals surface area contributed by atoms with E-state index < -0.39 is 11.8 Å². The summed E-state index contributed by atoms with van der Waals surface area (Å²) in [6.45, 7) is 5.27. The maximum Gasteiger partial charge on any atom is 0.328 e. The summed E-state index contributed by atoms with van der Waals surface area (Å²) in [7, 11) is 0. The van der Waals surface area contributed by atoms with Crippen LogP contribution in [0.2, 0.25) is 0 Å². The van der Waals surface area contributed by atoms with Crippen LogP contribution in [0, 0.1) is 5.82 Å². The third kappa shape index (κ3) is 4.10. The van der Waals surface area contributed by atoms with Gasteiger partial charge in [0.25, 0.3) is 0 Å². The van der Waals surface area contributed by atoms with Gasteiger partial charge in [-0.05, 0) is 30.7 Å². The number of hydrogen-bond acceptors (Lipinski definition) is 2. The van der Waals surface area contributed by atoms with Crippen molar-refractivity contribution in [3.8, 4) is 5.75 Å². The van der Waals surface area contributed by atoms with Crippen molar-refractivity contribution in [1.82, 2.24) is 0 Å². The SMILES string of the molecule is C=CC(C)Oc1ccc(/C=C/C(=O)O)cc1F. The number of rotatable bonds is 5. The van der Waals surface area contributed by atoms with E-state index in [0.29, 0.717) is 5.56 Å². The third-order valence-electron chi connectivity index (χ3n) is 2.02. The standard InChI is InChI=1S/C13H13FO3/c1-3-9(2)17-12-6-4-10(8-11(12)14)5-7-13(15)16/h3-9H,1H2,2H3,(H,15,16)/b7-5+. The van der Waals surface area contributed by atoms with Crippen molar-refractivity contribution in [1.29, 1.82) is 0 Å². The summed E-state index contributed by atoms with van der Waals surface area (Å²) < 4.78 is 18.8. The monoisotopic (exact) mass is 236 g/mol. The molecule has 0 heterocycles. The highest BCUT2D eigenvalue weighted by atomic mass is 19.1. The molecule has 0 aromatic heterocycles. The normalized spacial score (nSPS) is 12.4. The lowest BCUT2D eigenvalue weighted by Crippen LogP contribution is -2.08. The fourth-order valence-electron chi connectivity index (χ4n) is 1.13. The minimum atomic E-state index is -1.08. The summed E-state index contributed by atoms with van der Waals surface area (Å²) in [6, 6.07) is 4.25. The van der Waals surface area contributed by atoms with Gasteiger partial charge in [0.15, 0.2) is 11.6 Å². The van der Waals surface area contributed by atoms with Crippen LogP contribution < -0.4 is 4.74 Å². The van der Waals surface area contributed by atoms with E-state index in [0.717, 1.165) is 6.08 Å². The predicted molar refractivity (Wildman–Crippen MR) is 63.4 cm³/mol. The number of halogens is 1. The minimum Gasteiger partial charge on any atom is -0.484 e.